The van der Waals surface area contributed by atoms with Crippen molar-refractivity contribution in [1.29, 1.82) is 0 Å². The number of carbonyl (C=O) groups is 1. The number of hydrogen-bond donors (Lipinski definition) is 1. The van der Waals surface area contributed by atoms with Crippen molar-refractivity contribution in [3.8, 4) is 0 Å². The van der Waals surface area contributed by atoms with Crippen LogP contribution < -0.4 is 5.32 Å². The second-order valence-electron chi connectivity index (χ2n) is 5.86. The molecule has 21 heavy (non-hydrogen) atoms. The summed E-state index contributed by atoms with van der Waals surface area (Å²) in [4.78, 5) is 12.2. The number of benzene rings is 2. The number of anilines is 1. The van der Waals surface area contributed by atoms with Crippen LogP contribution in [-0.2, 0) is 24.1 Å². The van der Waals surface area contributed by atoms with E-state index in [0.717, 1.165) is 24.1 Å². The Morgan fingerprint density at radius 1 is 1.05 bits per heavy atom. The summed E-state index contributed by atoms with van der Waals surface area (Å²) in [6.45, 7) is 2.06. The molecule has 1 aliphatic rings. The molecule has 0 saturated heterocycles. The molecule has 1 amide bonds. The predicted octanol–water partition coefficient (Wildman–Crippen LogP) is 4.06. The molecule has 0 aromatic heterocycles. The summed E-state index contributed by atoms with van der Waals surface area (Å²) >= 11 is 0. The zero-order valence-electron chi connectivity index (χ0n) is 12.5. The Labute approximate surface area is 126 Å². The minimum atomic E-state index is 0.0674. The lowest BCUT2D eigenvalue weighted by atomic mass is 9.90. The lowest BCUT2D eigenvalue weighted by Crippen LogP contribution is -2.17. The third-order valence-corrected chi connectivity index (χ3v) is 4.16. The standard InChI is InChI=1S/C19H21NO/c1-14-9-11-15(12-10-14)13-19(21)20-18-8-4-6-16-5-2-3-7-17(16)18/h4,6,8-12H,2-3,5,7,13H2,1H3,(H,20,21). The van der Waals surface area contributed by atoms with Crippen molar-refractivity contribution >= 4 is 11.6 Å². The van der Waals surface area contributed by atoms with Crippen molar-refractivity contribution < 1.29 is 4.79 Å². The Kier molecular flexibility index (Phi) is 4.05. The molecule has 0 heterocycles. The fourth-order valence-corrected chi connectivity index (χ4v) is 2.98. The van der Waals surface area contributed by atoms with Crippen LogP contribution in [0.1, 0.15) is 35.1 Å². The zero-order chi connectivity index (χ0) is 14.7. The fourth-order valence-electron chi connectivity index (χ4n) is 2.98. The van der Waals surface area contributed by atoms with Gasteiger partial charge in [0.15, 0.2) is 0 Å². The molecule has 2 aromatic rings. The average Bonchev–Trinajstić information content (AvgIpc) is 2.50. The van der Waals surface area contributed by atoms with Gasteiger partial charge in [-0.05, 0) is 55.4 Å². The summed E-state index contributed by atoms with van der Waals surface area (Å²) in [5.74, 6) is 0.0674. The summed E-state index contributed by atoms with van der Waals surface area (Å²) in [5.41, 5.74) is 6.01. The maximum Gasteiger partial charge on any atom is 0.228 e. The second-order valence-corrected chi connectivity index (χ2v) is 5.86. The molecule has 0 aliphatic heterocycles. The average molecular weight is 279 g/mol. The Morgan fingerprint density at radius 3 is 2.62 bits per heavy atom. The highest BCUT2D eigenvalue weighted by Gasteiger charge is 2.14. The number of fused-ring (bicyclic) bond motifs is 1. The molecule has 2 nitrogen and oxygen atoms in total. The quantitative estimate of drug-likeness (QED) is 0.902. The fraction of sp³-hybridized carbons (Fsp3) is 0.316. The summed E-state index contributed by atoms with van der Waals surface area (Å²) in [5, 5.41) is 3.09. The SMILES string of the molecule is Cc1ccc(CC(=O)Nc2cccc3c2CCCC3)cc1. The van der Waals surface area contributed by atoms with Crippen LogP contribution in [0, 0.1) is 6.92 Å². The maximum absolute atomic E-state index is 12.2. The molecule has 2 aromatic carbocycles. The van der Waals surface area contributed by atoms with Crippen molar-refractivity contribution in [2.45, 2.75) is 39.0 Å². The van der Waals surface area contributed by atoms with E-state index in [4.69, 9.17) is 0 Å². The van der Waals surface area contributed by atoms with E-state index in [1.165, 1.54) is 29.5 Å². The molecule has 0 unspecified atom stereocenters. The van der Waals surface area contributed by atoms with E-state index in [2.05, 4.69) is 18.3 Å². The van der Waals surface area contributed by atoms with Gasteiger partial charge in [-0.15, -0.1) is 0 Å². The summed E-state index contributed by atoms with van der Waals surface area (Å²) in [6, 6.07) is 14.4. The van der Waals surface area contributed by atoms with Crippen molar-refractivity contribution in [2.24, 2.45) is 0 Å². The number of hydrogen-bond acceptors (Lipinski definition) is 1. The van der Waals surface area contributed by atoms with Crippen LogP contribution in [0.15, 0.2) is 42.5 Å². The van der Waals surface area contributed by atoms with Crippen LogP contribution in [0.3, 0.4) is 0 Å². The zero-order valence-corrected chi connectivity index (χ0v) is 12.5. The predicted molar refractivity (Wildman–Crippen MR) is 86.6 cm³/mol. The Hall–Kier alpha value is -2.09. The minimum Gasteiger partial charge on any atom is -0.326 e. The van der Waals surface area contributed by atoms with Gasteiger partial charge in [0.1, 0.15) is 0 Å². The van der Waals surface area contributed by atoms with E-state index in [1.807, 2.05) is 36.4 Å². The Bertz CT molecular complexity index is 643. The van der Waals surface area contributed by atoms with Gasteiger partial charge in [0.25, 0.3) is 0 Å². The third kappa shape index (κ3) is 3.33. The first-order chi connectivity index (χ1) is 10.2. The minimum absolute atomic E-state index is 0.0674. The molecular weight excluding hydrogens is 258 g/mol. The normalized spacial score (nSPS) is 13.6. The molecule has 0 spiro atoms. The number of amides is 1. The largest absolute Gasteiger partial charge is 0.326 e. The van der Waals surface area contributed by atoms with E-state index < -0.39 is 0 Å². The van der Waals surface area contributed by atoms with Crippen LogP contribution in [-0.4, -0.2) is 5.91 Å². The van der Waals surface area contributed by atoms with Crippen molar-refractivity contribution in [2.75, 3.05) is 5.32 Å². The Balaban J connectivity index is 1.71. The molecule has 2 heteroatoms. The van der Waals surface area contributed by atoms with Gasteiger partial charge in [-0.1, -0.05) is 42.0 Å². The maximum atomic E-state index is 12.2. The van der Waals surface area contributed by atoms with Gasteiger partial charge < -0.3 is 5.32 Å². The van der Waals surface area contributed by atoms with Crippen molar-refractivity contribution in [3.63, 3.8) is 0 Å². The van der Waals surface area contributed by atoms with Crippen LogP contribution >= 0.6 is 0 Å². The first kappa shape index (κ1) is 13.9. The molecule has 0 fully saturated rings. The number of rotatable bonds is 3. The van der Waals surface area contributed by atoms with Gasteiger partial charge in [-0.2, -0.15) is 0 Å². The Morgan fingerprint density at radius 2 is 1.81 bits per heavy atom. The molecule has 1 aliphatic carbocycles. The first-order valence-corrected chi connectivity index (χ1v) is 7.68. The summed E-state index contributed by atoms with van der Waals surface area (Å²) in [7, 11) is 0. The third-order valence-electron chi connectivity index (χ3n) is 4.16. The molecule has 0 bridgehead atoms. The van der Waals surface area contributed by atoms with E-state index in [9.17, 15) is 4.79 Å². The van der Waals surface area contributed by atoms with Crippen molar-refractivity contribution in [1.82, 2.24) is 0 Å². The lowest BCUT2D eigenvalue weighted by molar-refractivity contribution is -0.115. The van der Waals surface area contributed by atoms with Gasteiger partial charge in [0.2, 0.25) is 5.91 Å². The second kappa shape index (κ2) is 6.13. The molecule has 0 saturated carbocycles. The molecule has 3 rings (SSSR count). The molecular formula is C19H21NO. The molecule has 1 N–H and O–H groups in total. The molecule has 108 valence electrons. The van der Waals surface area contributed by atoms with Crippen LogP contribution in [0.2, 0.25) is 0 Å². The highest BCUT2D eigenvalue weighted by atomic mass is 16.1. The molecule has 0 atom stereocenters. The highest BCUT2D eigenvalue weighted by Crippen LogP contribution is 2.27. The van der Waals surface area contributed by atoms with Crippen molar-refractivity contribution in [3.05, 3.63) is 64.7 Å². The topological polar surface area (TPSA) is 29.1 Å². The van der Waals surface area contributed by atoms with Crippen LogP contribution in [0.5, 0.6) is 0 Å². The van der Waals surface area contributed by atoms with E-state index in [1.54, 1.807) is 0 Å². The van der Waals surface area contributed by atoms with Crippen LogP contribution in [0.25, 0.3) is 0 Å². The summed E-state index contributed by atoms with van der Waals surface area (Å²) in [6.07, 6.45) is 5.13. The number of nitrogens with one attached hydrogen (secondary N) is 1. The van der Waals surface area contributed by atoms with Crippen LogP contribution in [0.4, 0.5) is 5.69 Å². The molecule has 0 radical (unpaired) electrons. The number of aryl methyl sites for hydroxylation is 2. The number of carbonyl (C=O) groups excluding carboxylic acids is 1. The van der Waals surface area contributed by atoms with E-state index in [-0.39, 0.29) is 5.91 Å². The first-order valence-electron chi connectivity index (χ1n) is 7.68. The van der Waals surface area contributed by atoms with Gasteiger partial charge >= 0.3 is 0 Å². The van der Waals surface area contributed by atoms with Gasteiger partial charge in [-0.3, -0.25) is 4.79 Å². The smallest absolute Gasteiger partial charge is 0.228 e. The van der Waals surface area contributed by atoms with Gasteiger partial charge in [-0.25, -0.2) is 0 Å². The highest BCUT2D eigenvalue weighted by molar-refractivity contribution is 5.93. The van der Waals surface area contributed by atoms with E-state index >= 15 is 0 Å². The van der Waals surface area contributed by atoms with Gasteiger partial charge in [0.05, 0.1) is 6.42 Å². The summed E-state index contributed by atoms with van der Waals surface area (Å²) < 4.78 is 0. The lowest BCUT2D eigenvalue weighted by Gasteiger charge is -2.19. The van der Waals surface area contributed by atoms with E-state index in [0.29, 0.717) is 6.42 Å². The monoisotopic (exact) mass is 279 g/mol. The van der Waals surface area contributed by atoms with Gasteiger partial charge in [0, 0.05) is 5.69 Å².